The van der Waals surface area contributed by atoms with Gasteiger partial charge in [0.25, 0.3) is 5.91 Å². The number of carbonyl (C=O) groups excluding carboxylic acids is 2. The number of amides is 1. The number of benzene rings is 1. The van der Waals surface area contributed by atoms with Crippen LogP contribution in [0.5, 0.6) is 5.75 Å². The van der Waals surface area contributed by atoms with E-state index in [4.69, 9.17) is 10.2 Å². The summed E-state index contributed by atoms with van der Waals surface area (Å²) in [5.74, 6) is -7.85. The molecule has 3 aliphatic carbocycles. The average molecular weight is 594 g/mol. The summed E-state index contributed by atoms with van der Waals surface area (Å²) in [6.07, 6.45) is 4.32. The first-order valence-corrected chi connectivity index (χ1v) is 14.8. The SMILES string of the molecule is CC1CCN(Cc2ccoc2-c2ccc(O)c3c2CC2CC4C(C(O)=C2C3=O)C(O)(O)C(C(N)=O)=C(O)[C@H]4N(C)C)CC1. The second-order valence-electron chi connectivity index (χ2n) is 12.9. The van der Waals surface area contributed by atoms with Crippen molar-refractivity contribution in [3.05, 3.63) is 63.8 Å². The second kappa shape index (κ2) is 10.5. The number of hydrogen-bond acceptors (Lipinski definition) is 10. The van der Waals surface area contributed by atoms with Crippen LogP contribution >= 0.6 is 0 Å². The number of piperidine rings is 1. The quantitative estimate of drug-likeness (QED) is 0.282. The Morgan fingerprint density at radius 2 is 1.81 bits per heavy atom. The molecule has 4 atom stereocenters. The van der Waals surface area contributed by atoms with Gasteiger partial charge in [0.2, 0.25) is 5.79 Å². The number of allylic oxidation sites excluding steroid dienone is 1. The van der Waals surface area contributed by atoms with Crippen LogP contribution in [0.3, 0.4) is 0 Å². The van der Waals surface area contributed by atoms with E-state index in [0.29, 0.717) is 29.3 Å². The fraction of sp³-hybridized carbons (Fsp3) is 0.500. The van der Waals surface area contributed by atoms with Crippen molar-refractivity contribution in [1.29, 1.82) is 0 Å². The lowest BCUT2D eigenvalue weighted by atomic mass is 9.59. The van der Waals surface area contributed by atoms with Gasteiger partial charge in [-0.1, -0.05) is 6.92 Å². The molecule has 4 aliphatic rings. The summed E-state index contributed by atoms with van der Waals surface area (Å²) in [7, 11) is 3.32. The minimum absolute atomic E-state index is 0.0258. The van der Waals surface area contributed by atoms with Gasteiger partial charge in [-0.05, 0) is 94.4 Å². The van der Waals surface area contributed by atoms with Gasteiger partial charge in [-0.25, -0.2) is 0 Å². The van der Waals surface area contributed by atoms with Crippen molar-refractivity contribution in [3.8, 4) is 17.1 Å². The molecule has 1 aliphatic heterocycles. The summed E-state index contributed by atoms with van der Waals surface area (Å²) in [6.45, 7) is 4.92. The zero-order chi connectivity index (χ0) is 31.0. The minimum Gasteiger partial charge on any atom is -0.511 e. The molecule has 1 saturated heterocycles. The number of fused-ring (bicyclic) bond motifs is 3. The summed E-state index contributed by atoms with van der Waals surface area (Å²) in [5.41, 5.74) is 6.84. The summed E-state index contributed by atoms with van der Waals surface area (Å²) >= 11 is 0. The maximum atomic E-state index is 14.1. The van der Waals surface area contributed by atoms with Gasteiger partial charge in [0.1, 0.15) is 28.6 Å². The number of furan rings is 1. The van der Waals surface area contributed by atoms with Crippen LogP contribution in [0.1, 0.15) is 47.7 Å². The van der Waals surface area contributed by atoms with E-state index in [2.05, 4.69) is 11.8 Å². The third-order valence-corrected chi connectivity index (χ3v) is 9.98. The van der Waals surface area contributed by atoms with E-state index in [1.54, 1.807) is 31.3 Å². The number of likely N-dealkylation sites (N-methyl/N-ethyl adjacent to an activating group) is 1. The van der Waals surface area contributed by atoms with Crippen LogP contribution < -0.4 is 5.73 Å². The van der Waals surface area contributed by atoms with Crippen LogP contribution in [-0.4, -0.2) is 86.0 Å². The lowest BCUT2D eigenvalue weighted by Crippen LogP contribution is -2.60. The number of aliphatic hydroxyl groups is 4. The van der Waals surface area contributed by atoms with Gasteiger partial charge >= 0.3 is 0 Å². The Balaban J connectivity index is 1.44. The molecule has 11 nitrogen and oxygen atoms in total. The Morgan fingerprint density at radius 1 is 1.12 bits per heavy atom. The molecule has 1 aromatic heterocycles. The van der Waals surface area contributed by atoms with Crippen molar-refractivity contribution in [3.63, 3.8) is 0 Å². The van der Waals surface area contributed by atoms with Gasteiger partial charge in [-0.2, -0.15) is 0 Å². The lowest BCUT2D eigenvalue weighted by molar-refractivity contribution is -0.200. The number of likely N-dealkylation sites (tertiary alicyclic amines) is 1. The van der Waals surface area contributed by atoms with Crippen LogP contribution in [0.15, 0.2) is 51.5 Å². The molecule has 11 heteroatoms. The van der Waals surface area contributed by atoms with Gasteiger partial charge in [0.05, 0.1) is 23.8 Å². The van der Waals surface area contributed by atoms with E-state index in [0.717, 1.165) is 31.5 Å². The Bertz CT molecular complexity index is 1550. The zero-order valence-corrected chi connectivity index (χ0v) is 24.6. The van der Waals surface area contributed by atoms with Crippen molar-refractivity contribution < 1.29 is 39.5 Å². The van der Waals surface area contributed by atoms with Crippen LogP contribution in [0, 0.1) is 23.7 Å². The zero-order valence-electron chi connectivity index (χ0n) is 24.6. The van der Waals surface area contributed by atoms with Crippen LogP contribution in [0.25, 0.3) is 11.3 Å². The molecule has 2 heterocycles. The number of primary amides is 1. The highest BCUT2D eigenvalue weighted by atomic mass is 16.5. The number of hydrogen-bond donors (Lipinski definition) is 6. The van der Waals surface area contributed by atoms with E-state index in [-0.39, 0.29) is 29.7 Å². The molecular formula is C32H39N3O8. The standard InChI is InChI=1S/C32H39N3O8/c1-15-6-9-35(10-7-15)14-16-8-11-43-30(16)18-4-5-21(36)23-19(18)12-17-13-20-24(28(38)22(17)27(23)37)32(41,42)25(31(33)40)29(39)26(20)34(2)3/h4-5,8,11,15,17,20,24,26,36,38-39,41-42H,6-7,9-10,12-14H2,1-3H3,(H2,33,40)/t17?,20?,24?,26-/m0/s1. The first-order chi connectivity index (χ1) is 20.3. The maximum Gasteiger partial charge on any atom is 0.253 e. The third kappa shape index (κ3) is 4.57. The molecule has 0 saturated carbocycles. The molecule has 7 N–H and O–H groups in total. The molecule has 2 aromatic rings. The average Bonchev–Trinajstić information content (AvgIpc) is 3.36. The van der Waals surface area contributed by atoms with E-state index in [1.807, 2.05) is 6.07 Å². The van der Waals surface area contributed by atoms with Crippen molar-refractivity contribution in [2.75, 3.05) is 27.2 Å². The highest BCUT2D eigenvalue weighted by molar-refractivity contribution is 6.14. The topological polar surface area (TPSA) is 181 Å². The van der Waals surface area contributed by atoms with Crippen LogP contribution in [0.2, 0.25) is 0 Å². The van der Waals surface area contributed by atoms with Crippen molar-refractivity contribution in [2.24, 2.45) is 29.4 Å². The van der Waals surface area contributed by atoms with E-state index >= 15 is 0 Å². The Labute approximate surface area is 249 Å². The molecule has 230 valence electrons. The number of carbonyl (C=O) groups is 2. The molecule has 1 aromatic carbocycles. The molecule has 6 rings (SSSR count). The third-order valence-electron chi connectivity index (χ3n) is 9.98. The summed E-state index contributed by atoms with van der Waals surface area (Å²) in [4.78, 5) is 30.3. The Hall–Kier alpha value is -3.64. The normalized spacial score (nSPS) is 27.7. The van der Waals surface area contributed by atoms with Gasteiger partial charge < -0.3 is 35.7 Å². The van der Waals surface area contributed by atoms with Crippen LogP contribution in [-0.2, 0) is 17.8 Å². The number of phenolic OH excluding ortho intramolecular Hbond substituents is 1. The summed E-state index contributed by atoms with van der Waals surface area (Å²) in [6, 6.07) is 4.22. The van der Waals surface area contributed by atoms with E-state index in [9.17, 15) is 35.1 Å². The smallest absolute Gasteiger partial charge is 0.253 e. The lowest BCUT2D eigenvalue weighted by Gasteiger charge is -2.51. The van der Waals surface area contributed by atoms with Gasteiger partial charge in [-0.3, -0.25) is 19.4 Å². The van der Waals surface area contributed by atoms with Crippen molar-refractivity contribution >= 4 is 11.7 Å². The first kappa shape index (κ1) is 29.4. The molecule has 0 bridgehead atoms. The predicted octanol–water partition coefficient (Wildman–Crippen LogP) is 2.61. The Kier molecular flexibility index (Phi) is 7.20. The first-order valence-electron chi connectivity index (χ1n) is 14.8. The number of rotatable bonds is 5. The highest BCUT2D eigenvalue weighted by Gasteiger charge is 2.60. The minimum atomic E-state index is -3.02. The molecule has 1 fully saturated rings. The monoisotopic (exact) mass is 593 g/mol. The fourth-order valence-electron chi connectivity index (χ4n) is 7.93. The van der Waals surface area contributed by atoms with Gasteiger partial charge in [0.15, 0.2) is 5.78 Å². The van der Waals surface area contributed by atoms with E-state index < -0.39 is 58.4 Å². The second-order valence-corrected chi connectivity index (χ2v) is 12.9. The molecular weight excluding hydrogens is 554 g/mol. The highest BCUT2D eigenvalue weighted by Crippen LogP contribution is 2.54. The summed E-state index contributed by atoms with van der Waals surface area (Å²) in [5, 5.41) is 55.8. The van der Waals surface area contributed by atoms with Crippen molar-refractivity contribution in [1.82, 2.24) is 9.80 Å². The molecule has 0 radical (unpaired) electrons. The van der Waals surface area contributed by atoms with Gasteiger partial charge in [-0.15, -0.1) is 0 Å². The largest absolute Gasteiger partial charge is 0.511 e. The van der Waals surface area contributed by atoms with Gasteiger partial charge in [0, 0.05) is 23.2 Å². The number of aromatic hydroxyl groups is 1. The number of phenols is 1. The number of nitrogens with zero attached hydrogens (tertiary/aromatic N) is 2. The number of ketones is 1. The Morgan fingerprint density at radius 3 is 2.47 bits per heavy atom. The molecule has 43 heavy (non-hydrogen) atoms. The molecule has 3 unspecified atom stereocenters. The maximum absolute atomic E-state index is 14.1. The van der Waals surface area contributed by atoms with Crippen molar-refractivity contribution in [2.45, 2.75) is 51.0 Å². The number of Topliss-reactive ketones (excluding diaryl/α,β-unsaturated/α-hetero) is 1. The van der Waals surface area contributed by atoms with Crippen LogP contribution in [0.4, 0.5) is 0 Å². The molecule has 1 amide bonds. The fourth-order valence-corrected chi connectivity index (χ4v) is 7.93. The molecule has 0 spiro atoms. The van der Waals surface area contributed by atoms with E-state index in [1.165, 1.54) is 6.07 Å². The summed E-state index contributed by atoms with van der Waals surface area (Å²) < 4.78 is 5.99. The predicted molar refractivity (Wildman–Crippen MR) is 156 cm³/mol. The number of nitrogens with two attached hydrogens (primary N) is 1. The number of aliphatic hydroxyl groups excluding tert-OH is 2.